The second-order valence-corrected chi connectivity index (χ2v) is 23.2. The lowest BCUT2D eigenvalue weighted by Crippen LogP contribution is -2.61. The summed E-state index contributed by atoms with van der Waals surface area (Å²) in [6, 6.07) is 9.69. The van der Waals surface area contributed by atoms with Gasteiger partial charge < -0.3 is 101 Å². The van der Waals surface area contributed by atoms with E-state index in [9.17, 15) is 58.2 Å². The van der Waals surface area contributed by atoms with E-state index in [1.165, 1.54) is 29.2 Å². The lowest BCUT2D eigenvalue weighted by Gasteiger charge is -2.31. The average molecular weight is 1310 g/mol. The fourth-order valence-corrected chi connectivity index (χ4v) is 10.2. The average Bonchev–Trinajstić information content (AvgIpc) is 1.61. The van der Waals surface area contributed by atoms with Gasteiger partial charge in [0.05, 0.1) is 19.6 Å². The van der Waals surface area contributed by atoms with Crippen molar-refractivity contribution in [3.05, 3.63) is 95.6 Å². The Labute approximate surface area is 546 Å². The Morgan fingerprint density at radius 3 is 1.54 bits per heavy atom. The number of likely N-dealkylation sites (tertiary alicyclic amines) is 1. The Bertz CT molecular complexity index is 2980. The molecular weight excluding hydrogens is 1220 g/mol. The number of nitrogens with two attached hydrogens (primary N) is 4. The van der Waals surface area contributed by atoms with Crippen LogP contribution in [0.25, 0.3) is 0 Å². The smallest absolute Gasteiger partial charge is 0.245 e. The fourth-order valence-electron chi connectivity index (χ4n) is 10.2. The van der Waals surface area contributed by atoms with Crippen LogP contribution in [0.4, 0.5) is 0 Å². The molecule has 1 saturated heterocycles. The highest BCUT2D eigenvalue weighted by molar-refractivity contribution is 5.99. The third-order valence-corrected chi connectivity index (χ3v) is 15.0. The molecule has 31 heteroatoms. The Balaban J connectivity index is 1.63. The van der Waals surface area contributed by atoms with Crippen LogP contribution in [0.5, 0.6) is 11.5 Å². The maximum absolute atomic E-state index is 14.9. The summed E-state index contributed by atoms with van der Waals surface area (Å²) in [6.45, 7) is 6.07. The van der Waals surface area contributed by atoms with Gasteiger partial charge in [-0.15, -0.1) is 0 Å². The molecule has 1 heterocycles. The van der Waals surface area contributed by atoms with Gasteiger partial charge in [0.2, 0.25) is 59.1 Å². The first-order valence-electron chi connectivity index (χ1n) is 31.4. The first-order chi connectivity index (χ1) is 44.8. The van der Waals surface area contributed by atoms with E-state index in [2.05, 4.69) is 53.2 Å². The molecule has 0 unspecified atom stereocenters. The summed E-state index contributed by atoms with van der Waals surface area (Å²) in [7, 11) is 1.58. The summed E-state index contributed by atoms with van der Waals surface area (Å²) < 4.78 is 10.5. The van der Waals surface area contributed by atoms with E-state index in [0.717, 1.165) is 0 Å². The van der Waals surface area contributed by atoms with E-state index in [0.29, 0.717) is 55.9 Å². The minimum Gasteiger partial charge on any atom is -0.508 e. The van der Waals surface area contributed by atoms with Gasteiger partial charge in [0.15, 0.2) is 11.9 Å². The van der Waals surface area contributed by atoms with Crippen molar-refractivity contribution in [3.8, 4) is 11.5 Å². The van der Waals surface area contributed by atoms with Gasteiger partial charge >= 0.3 is 0 Å². The normalized spacial score (nSPS) is 14.9. The zero-order valence-corrected chi connectivity index (χ0v) is 53.6. The molecule has 1 aliphatic heterocycles. The third kappa shape index (κ3) is 28.9. The van der Waals surface area contributed by atoms with Crippen molar-refractivity contribution in [2.45, 2.75) is 146 Å². The minimum absolute atomic E-state index is 0.0105. The summed E-state index contributed by atoms with van der Waals surface area (Å²) in [6.07, 6.45) is 0.311. The summed E-state index contributed by atoms with van der Waals surface area (Å²) in [5.74, 6) is -9.14. The number of methoxy groups -OCH3 is 1. The highest BCUT2D eigenvalue weighted by atomic mass is 16.5. The molecule has 0 saturated carbocycles. The van der Waals surface area contributed by atoms with E-state index in [4.69, 9.17) is 43.2 Å². The van der Waals surface area contributed by atoms with E-state index < -0.39 is 114 Å². The number of carbonyl (C=O) groups is 10. The van der Waals surface area contributed by atoms with Crippen LogP contribution in [0.15, 0.2) is 78.9 Å². The first kappa shape index (κ1) is 76.8. The molecule has 0 aromatic heterocycles. The SMILES string of the molecule is COCCOCCCNCCC(=O)N[C@@H](Cc1ccc(O)cc1)C(=O)N[C@@H](Cc1ccc(O)cc1)C(=O)N[C@@H](CC(C)C)C(=O)N[C@@H](Cc1ccccc1)C(=O)N[C@@H](CCCNC(=N)N)C(=O)N1CCC[C@H]1C(=O)N[C@@H](CCCNC(=N)N)C(=O)N[C@@H](CC(N)=O)C(N)=O. The van der Waals surface area contributed by atoms with Crippen molar-refractivity contribution < 1.29 is 67.6 Å². The van der Waals surface area contributed by atoms with Crippen molar-refractivity contribution in [2.24, 2.45) is 28.9 Å². The number of guanidine groups is 2. The van der Waals surface area contributed by atoms with Gasteiger partial charge in [-0.25, -0.2) is 0 Å². The monoisotopic (exact) mass is 1310 g/mol. The summed E-state index contributed by atoms with van der Waals surface area (Å²) in [5.41, 5.74) is 23.4. The Morgan fingerprint density at radius 1 is 0.553 bits per heavy atom. The van der Waals surface area contributed by atoms with Crippen LogP contribution in [-0.2, 0) is 76.7 Å². The number of hydrogen-bond donors (Lipinski definition) is 18. The molecule has 10 amide bonds. The molecule has 516 valence electrons. The largest absolute Gasteiger partial charge is 0.508 e. The number of phenols is 2. The van der Waals surface area contributed by atoms with Gasteiger partial charge in [-0.2, -0.15) is 0 Å². The van der Waals surface area contributed by atoms with Crippen LogP contribution >= 0.6 is 0 Å². The van der Waals surface area contributed by atoms with Crippen LogP contribution in [0.3, 0.4) is 0 Å². The third-order valence-electron chi connectivity index (χ3n) is 15.0. The molecule has 31 nitrogen and oxygen atoms in total. The van der Waals surface area contributed by atoms with Crippen molar-refractivity contribution in [3.63, 3.8) is 0 Å². The predicted octanol–water partition coefficient (Wildman–Crippen LogP) is -2.52. The second-order valence-electron chi connectivity index (χ2n) is 23.2. The number of hydrogen-bond acceptors (Lipinski definition) is 17. The van der Waals surface area contributed by atoms with Crippen molar-refractivity contribution >= 4 is 71.0 Å². The van der Waals surface area contributed by atoms with Gasteiger partial charge in [-0.05, 0) is 105 Å². The first-order valence-corrected chi connectivity index (χ1v) is 31.4. The molecule has 3 aromatic carbocycles. The number of benzene rings is 3. The quantitative estimate of drug-likeness (QED) is 0.0158. The number of primary amides is 2. The van der Waals surface area contributed by atoms with Crippen LogP contribution < -0.4 is 76.1 Å². The number of carbonyl (C=O) groups excluding carboxylic acids is 10. The Morgan fingerprint density at radius 2 is 1.03 bits per heavy atom. The summed E-state index contributed by atoms with van der Waals surface area (Å²) in [4.78, 5) is 141. The zero-order chi connectivity index (χ0) is 69.1. The molecule has 0 aliphatic carbocycles. The maximum Gasteiger partial charge on any atom is 0.245 e. The molecule has 1 aliphatic rings. The molecular formula is C63H95N17O14. The van der Waals surface area contributed by atoms with Gasteiger partial charge in [0, 0.05) is 65.6 Å². The highest BCUT2D eigenvalue weighted by Crippen LogP contribution is 2.22. The summed E-state index contributed by atoms with van der Waals surface area (Å²) >= 11 is 0. The minimum atomic E-state index is -1.52. The van der Waals surface area contributed by atoms with Gasteiger partial charge in [-0.1, -0.05) is 68.4 Å². The summed E-state index contributed by atoms with van der Waals surface area (Å²) in [5, 5.41) is 62.8. The molecule has 4 rings (SSSR count). The molecule has 0 spiro atoms. The van der Waals surface area contributed by atoms with Crippen molar-refractivity contribution in [2.75, 3.05) is 59.7 Å². The van der Waals surface area contributed by atoms with Crippen LogP contribution in [0.2, 0.25) is 0 Å². The van der Waals surface area contributed by atoms with Gasteiger partial charge in [0.1, 0.15) is 59.8 Å². The molecule has 8 atom stereocenters. The van der Waals surface area contributed by atoms with Crippen LogP contribution in [0.1, 0.15) is 94.7 Å². The molecule has 3 aromatic rings. The standard InChI is InChI=1S/C63H95N17O14/c1-38(2)33-47(77-59(90)50(36-41-18-22-43(82)23-19-41)79-57(88)48(35-40-16-20-42(81)21-17-40)73-53(84)24-28-70-25-10-30-94-32-31-93-3)56(87)78-49(34-39-11-5-4-6-12-39)58(89)75-45(14-8-27-72-63(68)69)61(92)80-29-9-15-51(80)60(91)74-44(13-7-26-71-62(66)67)55(86)76-46(54(65)85)37-52(64)83/h4-6,11-12,16-23,38,44-51,70,81-82H,7-10,13-15,24-37H2,1-3H3,(H2,64,83)(H2,65,85)(H,73,84)(H,74,91)(H,75,89)(H,76,86)(H,77,90)(H,78,87)(H,79,88)(H4,66,67,71)(H4,68,69,72)/t44-,45-,46-,47-,48-,49-,50-,51-/m0/s1. The van der Waals surface area contributed by atoms with Gasteiger partial charge in [-0.3, -0.25) is 58.8 Å². The van der Waals surface area contributed by atoms with Gasteiger partial charge in [0.25, 0.3) is 0 Å². The van der Waals surface area contributed by atoms with Crippen LogP contribution in [0, 0.1) is 16.7 Å². The number of rotatable bonds is 43. The number of nitrogens with one attached hydrogen (secondary N) is 12. The molecule has 94 heavy (non-hydrogen) atoms. The number of amides is 10. The lowest BCUT2D eigenvalue weighted by atomic mass is 9.99. The van der Waals surface area contributed by atoms with Crippen LogP contribution in [-0.4, -0.2) is 194 Å². The number of phenolic OH excluding ortho intramolecular Hbond substituents is 2. The predicted molar refractivity (Wildman–Crippen MR) is 348 cm³/mol. The van der Waals surface area contributed by atoms with E-state index in [1.54, 1.807) is 75.6 Å². The number of nitrogens with zero attached hydrogens (tertiary/aromatic N) is 1. The van der Waals surface area contributed by atoms with E-state index in [-0.39, 0.29) is 120 Å². The molecule has 0 radical (unpaired) electrons. The molecule has 1 fully saturated rings. The Kier molecular flexibility index (Phi) is 33.6. The fraction of sp³-hybridized carbons (Fsp3) is 0.524. The topological polar surface area (TPSA) is 505 Å². The zero-order valence-electron chi connectivity index (χ0n) is 53.6. The van der Waals surface area contributed by atoms with Crippen molar-refractivity contribution in [1.29, 1.82) is 10.8 Å². The second kappa shape index (κ2) is 41.1. The molecule has 22 N–H and O–H groups in total. The van der Waals surface area contributed by atoms with E-state index >= 15 is 0 Å². The van der Waals surface area contributed by atoms with Crippen molar-refractivity contribution in [1.82, 2.24) is 58.1 Å². The Hall–Kier alpha value is -9.62. The number of ether oxygens (including phenoxy) is 2. The van der Waals surface area contributed by atoms with E-state index in [1.807, 2.05) is 0 Å². The number of aromatic hydroxyl groups is 2. The maximum atomic E-state index is 14.9. The molecule has 0 bridgehead atoms. The lowest BCUT2D eigenvalue weighted by molar-refractivity contribution is -0.142. The highest BCUT2D eigenvalue weighted by Gasteiger charge is 2.40.